The van der Waals surface area contributed by atoms with Crippen LogP contribution in [0.15, 0.2) is 54.5 Å². The number of esters is 2. The van der Waals surface area contributed by atoms with Gasteiger partial charge in [-0.3, -0.25) is 0 Å². The Morgan fingerprint density at radius 3 is 2.56 bits per heavy atom. The minimum absolute atomic E-state index is 0.187. The molecule has 5 rings (SSSR count). The number of cyclic esters (lactones) is 2. The van der Waals surface area contributed by atoms with Crippen molar-refractivity contribution in [3.63, 3.8) is 0 Å². The first-order chi connectivity index (χ1) is 16.2. The first-order valence-corrected chi connectivity index (χ1v) is 10.9. The molecule has 0 bridgehead atoms. The van der Waals surface area contributed by atoms with Crippen molar-refractivity contribution in [3.8, 4) is 5.69 Å². The Kier molecular flexibility index (Phi) is 5.38. The average Bonchev–Trinajstić information content (AvgIpc) is 3.38. The van der Waals surface area contributed by atoms with Crippen LogP contribution in [0.5, 0.6) is 0 Å². The summed E-state index contributed by atoms with van der Waals surface area (Å²) in [6.45, 7) is 3.35. The molecule has 0 N–H and O–H groups in total. The second-order valence-corrected chi connectivity index (χ2v) is 8.89. The van der Waals surface area contributed by atoms with Crippen molar-refractivity contribution in [2.45, 2.75) is 26.2 Å². The van der Waals surface area contributed by atoms with E-state index >= 15 is 0 Å². The number of hydrogen-bond acceptors (Lipinski definition) is 7. The van der Waals surface area contributed by atoms with E-state index in [0.29, 0.717) is 39.2 Å². The SMILES string of the molecule is CC1(C)OC(=O)C(=Cc2cn(Cc3cn(-c4ccc(Cl)c(Cl)c4)nn3)c3ncccc23)C(=O)O1. The highest BCUT2D eigenvalue weighted by Crippen LogP contribution is 2.28. The zero-order valence-corrected chi connectivity index (χ0v) is 19.5. The molecule has 0 aliphatic carbocycles. The molecule has 0 spiro atoms. The van der Waals surface area contributed by atoms with Gasteiger partial charge in [0.2, 0.25) is 0 Å². The normalized spacial score (nSPS) is 15.4. The monoisotopic (exact) mass is 497 g/mol. The quantitative estimate of drug-likeness (QED) is 0.236. The fourth-order valence-electron chi connectivity index (χ4n) is 3.62. The predicted molar refractivity (Wildman–Crippen MR) is 124 cm³/mol. The third kappa shape index (κ3) is 4.15. The van der Waals surface area contributed by atoms with Crippen LogP contribution in [-0.2, 0) is 25.6 Å². The highest BCUT2D eigenvalue weighted by molar-refractivity contribution is 6.42. The summed E-state index contributed by atoms with van der Waals surface area (Å²) in [6.07, 6.45) is 6.66. The molecule has 4 heterocycles. The second-order valence-electron chi connectivity index (χ2n) is 8.08. The van der Waals surface area contributed by atoms with E-state index in [2.05, 4.69) is 15.3 Å². The first kappa shape index (κ1) is 22.1. The van der Waals surface area contributed by atoms with Crippen LogP contribution < -0.4 is 0 Å². The van der Waals surface area contributed by atoms with Gasteiger partial charge in [-0.1, -0.05) is 28.4 Å². The Bertz CT molecular complexity index is 1470. The number of nitrogens with zero attached hydrogens (tertiary/aromatic N) is 5. The van der Waals surface area contributed by atoms with Gasteiger partial charge >= 0.3 is 11.9 Å². The van der Waals surface area contributed by atoms with E-state index in [4.69, 9.17) is 32.7 Å². The lowest BCUT2D eigenvalue weighted by molar-refractivity contribution is -0.222. The Labute approximate surface area is 203 Å². The van der Waals surface area contributed by atoms with Crippen LogP contribution in [0.2, 0.25) is 10.0 Å². The van der Waals surface area contributed by atoms with Crippen LogP contribution >= 0.6 is 23.2 Å². The summed E-state index contributed by atoms with van der Waals surface area (Å²) < 4.78 is 13.8. The number of pyridine rings is 1. The van der Waals surface area contributed by atoms with Gasteiger partial charge < -0.3 is 14.0 Å². The van der Waals surface area contributed by atoms with Gasteiger partial charge in [0.1, 0.15) is 16.9 Å². The summed E-state index contributed by atoms with van der Waals surface area (Å²) >= 11 is 12.1. The fraction of sp³-hybridized carbons (Fsp3) is 0.174. The standard InChI is InChI=1S/C23H17Cl2N5O4/c1-23(2)33-21(31)17(22(32)34-23)8-13-10-29(20-16(13)4-3-7-26-20)11-14-12-30(28-27-14)15-5-6-18(24)19(25)9-15/h3-10,12H,11H2,1-2H3. The zero-order valence-electron chi connectivity index (χ0n) is 18.0. The van der Waals surface area contributed by atoms with E-state index in [1.807, 2.05) is 10.6 Å². The summed E-state index contributed by atoms with van der Waals surface area (Å²) in [5.41, 5.74) is 2.45. The summed E-state index contributed by atoms with van der Waals surface area (Å²) in [5, 5.41) is 10.0. The molecule has 1 saturated heterocycles. The summed E-state index contributed by atoms with van der Waals surface area (Å²) in [7, 11) is 0. The highest BCUT2D eigenvalue weighted by atomic mass is 35.5. The Morgan fingerprint density at radius 1 is 1.06 bits per heavy atom. The molecule has 11 heteroatoms. The minimum Gasteiger partial charge on any atom is -0.419 e. The number of carbonyl (C=O) groups is 2. The molecule has 1 fully saturated rings. The lowest BCUT2D eigenvalue weighted by atomic mass is 10.1. The molecule has 3 aromatic heterocycles. The van der Waals surface area contributed by atoms with E-state index in [1.165, 1.54) is 19.9 Å². The van der Waals surface area contributed by atoms with Gasteiger partial charge in [0.05, 0.1) is 28.5 Å². The van der Waals surface area contributed by atoms with Crippen LogP contribution in [0.25, 0.3) is 22.8 Å². The maximum Gasteiger partial charge on any atom is 0.348 e. The molecule has 0 atom stereocenters. The van der Waals surface area contributed by atoms with Crippen LogP contribution in [0.1, 0.15) is 25.1 Å². The number of rotatable bonds is 4. The maximum absolute atomic E-state index is 12.4. The van der Waals surface area contributed by atoms with E-state index in [0.717, 1.165) is 5.39 Å². The second kappa shape index (κ2) is 8.27. The molecule has 1 aromatic carbocycles. The summed E-state index contributed by atoms with van der Waals surface area (Å²) in [6, 6.07) is 8.79. The number of halogens is 2. The minimum atomic E-state index is -1.30. The largest absolute Gasteiger partial charge is 0.419 e. The molecule has 4 aromatic rings. The van der Waals surface area contributed by atoms with Crippen molar-refractivity contribution in [1.82, 2.24) is 24.5 Å². The van der Waals surface area contributed by atoms with Gasteiger partial charge in [0.15, 0.2) is 0 Å². The van der Waals surface area contributed by atoms with Crippen molar-refractivity contribution in [1.29, 1.82) is 0 Å². The number of hydrogen-bond donors (Lipinski definition) is 0. The Morgan fingerprint density at radius 2 is 1.82 bits per heavy atom. The third-order valence-electron chi connectivity index (χ3n) is 5.12. The van der Waals surface area contributed by atoms with Crippen LogP contribution in [0, 0.1) is 0 Å². The van der Waals surface area contributed by atoms with Gasteiger partial charge in [-0.2, -0.15) is 0 Å². The van der Waals surface area contributed by atoms with Gasteiger partial charge in [-0.05, 0) is 36.4 Å². The summed E-state index contributed by atoms with van der Waals surface area (Å²) in [5.74, 6) is -2.78. The molecule has 34 heavy (non-hydrogen) atoms. The van der Waals surface area contributed by atoms with Crippen molar-refractivity contribution in [2.24, 2.45) is 0 Å². The maximum atomic E-state index is 12.4. The fourth-order valence-corrected chi connectivity index (χ4v) is 3.91. The molecule has 0 amide bonds. The number of aromatic nitrogens is 5. The molecular formula is C23H17Cl2N5O4. The van der Waals surface area contributed by atoms with Gasteiger partial charge in [-0.25, -0.2) is 19.3 Å². The predicted octanol–water partition coefficient (Wildman–Crippen LogP) is 4.19. The molecule has 1 aliphatic rings. The molecule has 0 saturated carbocycles. The van der Waals surface area contributed by atoms with E-state index in [9.17, 15) is 9.59 Å². The number of ether oxygens (including phenoxy) is 2. The van der Waals surface area contributed by atoms with Crippen LogP contribution in [-0.4, -0.2) is 42.3 Å². The number of carbonyl (C=O) groups excluding carboxylic acids is 2. The van der Waals surface area contributed by atoms with Gasteiger partial charge in [0.25, 0.3) is 5.79 Å². The average molecular weight is 498 g/mol. The van der Waals surface area contributed by atoms with Crippen LogP contribution in [0.4, 0.5) is 0 Å². The third-order valence-corrected chi connectivity index (χ3v) is 5.86. The smallest absolute Gasteiger partial charge is 0.348 e. The van der Waals surface area contributed by atoms with Crippen molar-refractivity contribution < 1.29 is 19.1 Å². The van der Waals surface area contributed by atoms with Crippen LogP contribution in [0.3, 0.4) is 0 Å². The van der Waals surface area contributed by atoms with Crippen molar-refractivity contribution in [2.75, 3.05) is 0 Å². The number of fused-ring (bicyclic) bond motifs is 1. The Balaban J connectivity index is 1.48. The van der Waals surface area contributed by atoms with Gasteiger partial charge in [0, 0.05) is 37.2 Å². The molecule has 172 valence electrons. The molecule has 0 unspecified atom stereocenters. The summed E-state index contributed by atoms with van der Waals surface area (Å²) in [4.78, 5) is 29.2. The first-order valence-electron chi connectivity index (χ1n) is 10.2. The van der Waals surface area contributed by atoms with Gasteiger partial charge in [-0.15, -0.1) is 5.10 Å². The van der Waals surface area contributed by atoms with E-state index in [-0.39, 0.29) is 5.57 Å². The van der Waals surface area contributed by atoms with E-state index in [1.54, 1.807) is 47.5 Å². The molecule has 1 aliphatic heterocycles. The topological polar surface area (TPSA) is 101 Å². The Hall–Kier alpha value is -3.69. The van der Waals surface area contributed by atoms with Crippen molar-refractivity contribution in [3.05, 3.63) is 75.8 Å². The number of benzene rings is 1. The lowest BCUT2D eigenvalue weighted by Crippen LogP contribution is -2.41. The molecule has 0 radical (unpaired) electrons. The molecule has 9 nitrogen and oxygen atoms in total. The lowest BCUT2D eigenvalue weighted by Gasteiger charge is -2.29. The zero-order chi connectivity index (χ0) is 24.0. The van der Waals surface area contributed by atoms with Crippen molar-refractivity contribution >= 4 is 52.2 Å². The highest BCUT2D eigenvalue weighted by Gasteiger charge is 2.39. The molecular weight excluding hydrogens is 481 g/mol. The van der Waals surface area contributed by atoms with E-state index < -0.39 is 17.7 Å².